The van der Waals surface area contributed by atoms with E-state index in [1.807, 2.05) is 24.3 Å². The second-order valence-corrected chi connectivity index (χ2v) is 4.09. The van der Waals surface area contributed by atoms with Crippen LogP contribution < -0.4 is 0 Å². The monoisotopic (exact) mass is 214 g/mol. The fourth-order valence-corrected chi connectivity index (χ4v) is 1.86. The summed E-state index contributed by atoms with van der Waals surface area (Å²) in [6.45, 7) is 0. The molecule has 1 saturated carbocycles. The van der Waals surface area contributed by atoms with Crippen LogP contribution >= 0.6 is 0 Å². The molecule has 0 spiro atoms. The van der Waals surface area contributed by atoms with Crippen molar-refractivity contribution in [2.75, 3.05) is 0 Å². The molecule has 1 aromatic heterocycles. The Morgan fingerprint density at radius 1 is 1.38 bits per heavy atom. The quantitative estimate of drug-likeness (QED) is 0.776. The molecule has 1 fully saturated rings. The second kappa shape index (κ2) is 3.23. The summed E-state index contributed by atoms with van der Waals surface area (Å²) in [7, 11) is 0. The number of hydrogen-bond donors (Lipinski definition) is 1. The highest BCUT2D eigenvalue weighted by atomic mass is 16.1. The molecule has 5 heteroatoms. The molecule has 0 unspecified atom stereocenters. The van der Waals surface area contributed by atoms with E-state index < -0.39 is 0 Å². The lowest BCUT2D eigenvalue weighted by Gasteiger charge is -2.07. The first-order chi connectivity index (χ1) is 7.84. The largest absolute Gasteiger partial charge is 0.302 e. The Balaban J connectivity index is 2.04. The minimum atomic E-state index is -0.250. The normalized spacial score (nSPS) is 17.0. The second-order valence-electron chi connectivity index (χ2n) is 4.09. The molecule has 1 aromatic carbocycles. The van der Waals surface area contributed by atoms with Gasteiger partial charge in [0.25, 0.3) is 0 Å². The highest BCUT2D eigenvalue weighted by Gasteiger charge is 2.44. The molecule has 1 aliphatic rings. The van der Waals surface area contributed by atoms with Crippen molar-refractivity contribution < 1.29 is 4.79 Å². The Labute approximate surface area is 91.9 Å². The van der Waals surface area contributed by atoms with Crippen LogP contribution in [0.5, 0.6) is 0 Å². The van der Waals surface area contributed by atoms with Crippen molar-refractivity contribution in [2.24, 2.45) is 0 Å². The smallest absolute Gasteiger partial charge is 0.204 e. The number of tetrazole rings is 1. The van der Waals surface area contributed by atoms with Gasteiger partial charge in [-0.15, -0.1) is 10.2 Å². The summed E-state index contributed by atoms with van der Waals surface area (Å²) in [6, 6.07) is 7.77. The lowest BCUT2D eigenvalue weighted by Crippen LogP contribution is -2.07. The first-order valence-electron chi connectivity index (χ1n) is 5.15. The van der Waals surface area contributed by atoms with Crippen LogP contribution in [0.3, 0.4) is 0 Å². The predicted molar refractivity (Wildman–Crippen MR) is 56.6 cm³/mol. The molecule has 1 aliphatic carbocycles. The SMILES string of the molecule is O=CC1(c2cccc(-c3nn[nH]n3)c2)CC1. The molecule has 0 radical (unpaired) electrons. The molecular formula is C11H10N4O. The maximum Gasteiger partial charge on any atom is 0.204 e. The molecule has 1 heterocycles. The summed E-state index contributed by atoms with van der Waals surface area (Å²) in [5.41, 5.74) is 1.68. The van der Waals surface area contributed by atoms with Crippen molar-refractivity contribution >= 4 is 6.29 Å². The van der Waals surface area contributed by atoms with Gasteiger partial charge in [-0.3, -0.25) is 0 Å². The van der Waals surface area contributed by atoms with E-state index in [1.54, 1.807) is 0 Å². The van der Waals surface area contributed by atoms with Gasteiger partial charge < -0.3 is 4.79 Å². The third kappa shape index (κ3) is 1.32. The molecular weight excluding hydrogens is 204 g/mol. The highest BCUT2D eigenvalue weighted by molar-refractivity contribution is 5.74. The number of nitrogens with zero attached hydrogens (tertiary/aromatic N) is 3. The van der Waals surface area contributed by atoms with Crippen molar-refractivity contribution in [1.29, 1.82) is 0 Å². The van der Waals surface area contributed by atoms with Gasteiger partial charge >= 0.3 is 0 Å². The van der Waals surface area contributed by atoms with Crippen molar-refractivity contribution in [1.82, 2.24) is 20.6 Å². The van der Waals surface area contributed by atoms with Gasteiger partial charge in [-0.25, -0.2) is 0 Å². The van der Waals surface area contributed by atoms with E-state index in [0.717, 1.165) is 30.3 Å². The number of aromatic amines is 1. The van der Waals surface area contributed by atoms with E-state index in [9.17, 15) is 4.79 Å². The molecule has 5 nitrogen and oxygen atoms in total. The lowest BCUT2D eigenvalue weighted by atomic mass is 9.96. The van der Waals surface area contributed by atoms with Gasteiger partial charge in [0, 0.05) is 5.56 Å². The molecule has 0 saturated heterocycles. The number of aromatic nitrogens is 4. The number of nitrogens with one attached hydrogen (secondary N) is 1. The van der Waals surface area contributed by atoms with Gasteiger partial charge in [0.15, 0.2) is 0 Å². The number of carbonyl (C=O) groups is 1. The Morgan fingerprint density at radius 2 is 2.25 bits per heavy atom. The zero-order valence-corrected chi connectivity index (χ0v) is 8.55. The molecule has 0 bridgehead atoms. The van der Waals surface area contributed by atoms with Gasteiger partial charge in [-0.2, -0.15) is 5.21 Å². The minimum absolute atomic E-state index is 0.250. The number of hydrogen-bond acceptors (Lipinski definition) is 4. The molecule has 2 aromatic rings. The van der Waals surface area contributed by atoms with E-state index in [0.29, 0.717) is 5.82 Å². The van der Waals surface area contributed by atoms with Gasteiger partial charge in [-0.05, 0) is 29.7 Å². The average Bonchev–Trinajstić information content (AvgIpc) is 2.95. The summed E-state index contributed by atoms with van der Waals surface area (Å²) in [6.07, 6.45) is 2.92. The van der Waals surface area contributed by atoms with E-state index in [4.69, 9.17) is 0 Å². The molecule has 3 rings (SSSR count). The van der Waals surface area contributed by atoms with Gasteiger partial charge in [0.2, 0.25) is 5.82 Å². The Bertz CT molecular complexity index is 517. The van der Waals surface area contributed by atoms with Gasteiger partial charge in [0.05, 0.1) is 5.41 Å². The van der Waals surface area contributed by atoms with E-state index >= 15 is 0 Å². The van der Waals surface area contributed by atoms with Crippen LogP contribution in [-0.2, 0) is 10.2 Å². The van der Waals surface area contributed by atoms with Crippen LogP contribution in [0.4, 0.5) is 0 Å². The summed E-state index contributed by atoms with van der Waals surface area (Å²) >= 11 is 0. The number of benzene rings is 1. The van der Waals surface area contributed by atoms with Crippen molar-refractivity contribution in [3.63, 3.8) is 0 Å². The van der Waals surface area contributed by atoms with Crippen LogP contribution in [-0.4, -0.2) is 26.9 Å². The fraction of sp³-hybridized carbons (Fsp3) is 0.273. The number of aldehydes is 1. The Hall–Kier alpha value is -2.04. The number of rotatable bonds is 3. The van der Waals surface area contributed by atoms with E-state index in [2.05, 4.69) is 20.6 Å². The van der Waals surface area contributed by atoms with Gasteiger partial charge in [-0.1, -0.05) is 18.2 Å². The van der Waals surface area contributed by atoms with Crippen LogP contribution in [0.1, 0.15) is 18.4 Å². The third-order valence-electron chi connectivity index (χ3n) is 3.06. The third-order valence-corrected chi connectivity index (χ3v) is 3.06. The van der Waals surface area contributed by atoms with Gasteiger partial charge in [0.1, 0.15) is 6.29 Å². The average molecular weight is 214 g/mol. The maximum absolute atomic E-state index is 11.0. The van der Waals surface area contributed by atoms with Crippen LogP contribution in [0, 0.1) is 0 Å². The molecule has 1 N–H and O–H groups in total. The number of carbonyl (C=O) groups excluding carboxylic acids is 1. The van der Waals surface area contributed by atoms with E-state index in [1.165, 1.54) is 0 Å². The first-order valence-corrected chi connectivity index (χ1v) is 5.15. The Kier molecular flexibility index (Phi) is 1.86. The molecule has 0 atom stereocenters. The Morgan fingerprint density at radius 3 is 2.88 bits per heavy atom. The summed E-state index contributed by atoms with van der Waals surface area (Å²) < 4.78 is 0. The zero-order chi connectivity index (χ0) is 11.0. The molecule has 80 valence electrons. The van der Waals surface area contributed by atoms with E-state index in [-0.39, 0.29) is 5.41 Å². The lowest BCUT2D eigenvalue weighted by molar-refractivity contribution is -0.109. The van der Waals surface area contributed by atoms with Crippen LogP contribution in [0.2, 0.25) is 0 Å². The first kappa shape index (κ1) is 9.21. The zero-order valence-electron chi connectivity index (χ0n) is 8.55. The standard InChI is InChI=1S/C11H10N4O/c16-7-11(4-5-11)9-3-1-2-8(6-9)10-12-14-15-13-10/h1-3,6-7H,4-5H2,(H,12,13,14,15). The predicted octanol–water partition coefficient (Wildman–Crippen LogP) is 1.10. The van der Waals surface area contributed by atoms with Crippen LogP contribution in [0.25, 0.3) is 11.4 Å². The number of H-pyrrole nitrogens is 1. The molecule has 0 amide bonds. The van der Waals surface area contributed by atoms with Crippen LogP contribution in [0.15, 0.2) is 24.3 Å². The summed E-state index contributed by atoms with van der Waals surface area (Å²) in [5, 5.41) is 13.8. The summed E-state index contributed by atoms with van der Waals surface area (Å²) in [4.78, 5) is 11.0. The highest BCUT2D eigenvalue weighted by Crippen LogP contribution is 2.46. The van der Waals surface area contributed by atoms with Crippen molar-refractivity contribution in [2.45, 2.75) is 18.3 Å². The van der Waals surface area contributed by atoms with Crippen molar-refractivity contribution in [3.8, 4) is 11.4 Å². The maximum atomic E-state index is 11.0. The topological polar surface area (TPSA) is 71.5 Å². The molecule has 16 heavy (non-hydrogen) atoms. The molecule has 0 aliphatic heterocycles. The fourth-order valence-electron chi connectivity index (χ4n) is 1.86. The summed E-state index contributed by atoms with van der Waals surface area (Å²) in [5.74, 6) is 0.559. The minimum Gasteiger partial charge on any atom is -0.302 e. The van der Waals surface area contributed by atoms with Crippen molar-refractivity contribution in [3.05, 3.63) is 29.8 Å².